The van der Waals surface area contributed by atoms with Crippen molar-refractivity contribution in [1.29, 1.82) is 0 Å². The Morgan fingerprint density at radius 3 is 2.94 bits per heavy atom. The second-order valence-electron chi connectivity index (χ2n) is 3.85. The Hall–Kier alpha value is -0.910. The van der Waals surface area contributed by atoms with Gasteiger partial charge in [-0.1, -0.05) is 0 Å². The van der Waals surface area contributed by atoms with Gasteiger partial charge < -0.3 is 10.8 Å². The maximum atomic E-state index is 10.1. The molecule has 3 nitrogen and oxygen atoms in total. The van der Waals surface area contributed by atoms with Crippen LogP contribution in [-0.4, -0.2) is 10.1 Å². The van der Waals surface area contributed by atoms with Crippen LogP contribution in [-0.2, 0) is 6.42 Å². The molecule has 17 heavy (non-hydrogen) atoms. The summed E-state index contributed by atoms with van der Waals surface area (Å²) < 4.78 is 1.04. The highest BCUT2D eigenvalue weighted by Gasteiger charge is 2.14. The fraction of sp³-hybridized carbons (Fsp3) is 0.250. The van der Waals surface area contributed by atoms with E-state index in [1.54, 1.807) is 29.8 Å². The molecule has 2 aromatic heterocycles. The highest BCUT2D eigenvalue weighted by Crippen LogP contribution is 2.32. The molecule has 0 spiro atoms. The van der Waals surface area contributed by atoms with Gasteiger partial charge in [-0.2, -0.15) is 0 Å². The Kier molecular flexibility index (Phi) is 3.81. The average Bonchev–Trinajstić information content (AvgIpc) is 2.63. The minimum atomic E-state index is -0.531. The predicted molar refractivity (Wildman–Crippen MR) is 74.1 cm³/mol. The number of hydrogen-bond acceptors (Lipinski definition) is 4. The van der Waals surface area contributed by atoms with Crippen molar-refractivity contribution in [3.63, 3.8) is 0 Å². The van der Waals surface area contributed by atoms with Gasteiger partial charge in [-0.15, -0.1) is 11.3 Å². The van der Waals surface area contributed by atoms with Gasteiger partial charge in [0.05, 0.1) is 6.10 Å². The monoisotopic (exact) mass is 312 g/mol. The number of aliphatic hydroxyl groups excluding tert-OH is 1. The van der Waals surface area contributed by atoms with Crippen molar-refractivity contribution in [2.75, 3.05) is 5.73 Å². The number of aliphatic hydroxyl groups is 1. The average molecular weight is 313 g/mol. The molecule has 2 aromatic rings. The van der Waals surface area contributed by atoms with E-state index in [4.69, 9.17) is 5.73 Å². The smallest absolute Gasteiger partial charge is 0.0924 e. The predicted octanol–water partition coefficient (Wildman–Crippen LogP) is 3.07. The summed E-state index contributed by atoms with van der Waals surface area (Å²) in [4.78, 5) is 6.13. The molecular weight excluding hydrogens is 300 g/mol. The Morgan fingerprint density at radius 1 is 1.59 bits per heavy atom. The second-order valence-corrected chi connectivity index (χ2v) is 5.99. The van der Waals surface area contributed by atoms with Crippen LogP contribution in [0.25, 0.3) is 0 Å². The third-order valence-electron chi connectivity index (χ3n) is 2.56. The van der Waals surface area contributed by atoms with Gasteiger partial charge >= 0.3 is 0 Å². The number of pyridine rings is 1. The fourth-order valence-corrected chi connectivity index (χ4v) is 3.11. The van der Waals surface area contributed by atoms with Gasteiger partial charge in [-0.05, 0) is 40.5 Å². The zero-order valence-electron chi connectivity index (χ0n) is 9.35. The molecule has 1 unspecified atom stereocenters. The number of anilines is 1. The van der Waals surface area contributed by atoms with E-state index in [9.17, 15) is 5.11 Å². The number of nitrogens with zero attached hydrogens (tertiary/aromatic N) is 1. The Morgan fingerprint density at radius 2 is 2.35 bits per heavy atom. The summed E-state index contributed by atoms with van der Waals surface area (Å²) in [5.74, 6) is 0. The van der Waals surface area contributed by atoms with Crippen molar-refractivity contribution < 1.29 is 5.11 Å². The van der Waals surface area contributed by atoms with E-state index in [2.05, 4.69) is 20.9 Å². The number of nitrogen functional groups attached to an aromatic ring is 1. The molecule has 3 N–H and O–H groups in total. The van der Waals surface area contributed by atoms with Crippen LogP contribution >= 0.6 is 27.3 Å². The number of thiophene rings is 1. The first kappa shape index (κ1) is 12.5. The van der Waals surface area contributed by atoms with Crippen LogP contribution in [0.5, 0.6) is 0 Å². The molecule has 0 aliphatic rings. The number of halogens is 1. The number of aromatic nitrogens is 1. The van der Waals surface area contributed by atoms with E-state index in [-0.39, 0.29) is 0 Å². The maximum Gasteiger partial charge on any atom is 0.0924 e. The maximum absolute atomic E-state index is 10.1. The van der Waals surface area contributed by atoms with E-state index in [1.807, 2.05) is 13.0 Å². The summed E-state index contributed by atoms with van der Waals surface area (Å²) in [6.45, 7) is 2.02. The van der Waals surface area contributed by atoms with Crippen LogP contribution in [0.15, 0.2) is 29.0 Å². The largest absolute Gasteiger partial charge is 0.398 e. The molecule has 0 radical (unpaired) electrons. The van der Waals surface area contributed by atoms with Crippen molar-refractivity contribution in [3.05, 3.63) is 44.3 Å². The van der Waals surface area contributed by atoms with Crippen molar-refractivity contribution in [2.45, 2.75) is 19.4 Å². The molecule has 0 bridgehead atoms. The molecule has 90 valence electrons. The van der Waals surface area contributed by atoms with Crippen LogP contribution < -0.4 is 5.73 Å². The molecule has 0 aliphatic carbocycles. The minimum Gasteiger partial charge on any atom is -0.398 e. The van der Waals surface area contributed by atoms with E-state index in [1.165, 1.54) is 4.88 Å². The lowest BCUT2D eigenvalue weighted by Crippen LogP contribution is -2.03. The zero-order chi connectivity index (χ0) is 12.4. The molecule has 0 saturated carbocycles. The highest BCUT2D eigenvalue weighted by atomic mass is 79.9. The number of aryl methyl sites for hydroxylation is 1. The first-order valence-electron chi connectivity index (χ1n) is 5.20. The Labute approximate surface area is 112 Å². The molecule has 0 amide bonds. The Balaban J connectivity index is 2.17. The molecule has 2 rings (SSSR count). The third kappa shape index (κ3) is 2.86. The first-order valence-corrected chi connectivity index (χ1v) is 6.81. The lowest BCUT2D eigenvalue weighted by Gasteiger charge is -2.09. The van der Waals surface area contributed by atoms with Gasteiger partial charge in [0.2, 0.25) is 0 Å². The third-order valence-corrected chi connectivity index (χ3v) is 4.80. The zero-order valence-corrected chi connectivity index (χ0v) is 11.8. The fourth-order valence-electron chi connectivity index (χ4n) is 1.56. The molecular formula is C12H13BrN2OS. The summed E-state index contributed by atoms with van der Waals surface area (Å²) in [6, 6.07) is 3.70. The molecule has 1 atom stereocenters. The Bertz CT molecular complexity index is 507. The summed E-state index contributed by atoms with van der Waals surface area (Å²) >= 11 is 5.04. The summed E-state index contributed by atoms with van der Waals surface area (Å²) in [5, 5.41) is 10.1. The lowest BCUT2D eigenvalue weighted by molar-refractivity contribution is 0.182. The number of hydrogen-bond donors (Lipinski definition) is 2. The number of nitrogens with two attached hydrogens (primary N) is 1. The summed E-state index contributed by atoms with van der Waals surface area (Å²) in [6.07, 6.45) is 3.31. The van der Waals surface area contributed by atoms with Gasteiger partial charge in [0.25, 0.3) is 0 Å². The van der Waals surface area contributed by atoms with Crippen LogP contribution in [0, 0.1) is 6.92 Å². The van der Waals surface area contributed by atoms with Crippen LogP contribution in [0.4, 0.5) is 5.69 Å². The lowest BCUT2D eigenvalue weighted by atomic mass is 10.1. The van der Waals surface area contributed by atoms with Gasteiger partial charge in [-0.3, -0.25) is 4.98 Å². The summed E-state index contributed by atoms with van der Waals surface area (Å²) in [5.41, 5.74) is 7.37. The van der Waals surface area contributed by atoms with Crippen molar-refractivity contribution in [3.8, 4) is 0 Å². The van der Waals surface area contributed by atoms with Gasteiger partial charge in [0, 0.05) is 38.7 Å². The van der Waals surface area contributed by atoms with Gasteiger partial charge in [0.1, 0.15) is 0 Å². The quantitative estimate of drug-likeness (QED) is 0.915. The number of rotatable bonds is 3. The molecule has 2 heterocycles. The molecule has 0 fully saturated rings. The molecule has 5 heteroatoms. The van der Waals surface area contributed by atoms with Gasteiger partial charge in [-0.25, -0.2) is 0 Å². The van der Waals surface area contributed by atoms with Crippen molar-refractivity contribution in [2.24, 2.45) is 0 Å². The minimum absolute atomic E-state index is 0.492. The second kappa shape index (κ2) is 5.16. The molecule has 0 saturated heterocycles. The normalized spacial score (nSPS) is 12.6. The van der Waals surface area contributed by atoms with Crippen LogP contribution in [0.2, 0.25) is 0 Å². The molecule has 0 aliphatic heterocycles. The standard InChI is InChI=1S/C12H13BrN2OS/c1-7-9(13)5-12(17-7)11(16)4-8-6-15-3-2-10(8)14/h2-3,5-6,11,16H,4H2,1H3,(H2,14,15). The highest BCUT2D eigenvalue weighted by molar-refractivity contribution is 9.10. The van der Waals surface area contributed by atoms with E-state index >= 15 is 0 Å². The van der Waals surface area contributed by atoms with E-state index in [0.717, 1.165) is 14.9 Å². The van der Waals surface area contributed by atoms with E-state index in [0.29, 0.717) is 12.1 Å². The van der Waals surface area contributed by atoms with Crippen LogP contribution in [0.3, 0.4) is 0 Å². The summed E-state index contributed by atoms with van der Waals surface area (Å²) in [7, 11) is 0. The molecule has 0 aromatic carbocycles. The van der Waals surface area contributed by atoms with E-state index < -0.39 is 6.10 Å². The van der Waals surface area contributed by atoms with Crippen LogP contribution in [0.1, 0.15) is 21.4 Å². The SMILES string of the molecule is Cc1sc(C(O)Cc2cnccc2N)cc1Br. The topological polar surface area (TPSA) is 59.1 Å². The van der Waals surface area contributed by atoms with Gasteiger partial charge in [0.15, 0.2) is 0 Å². The van der Waals surface area contributed by atoms with Crippen molar-refractivity contribution in [1.82, 2.24) is 4.98 Å². The van der Waals surface area contributed by atoms with Crippen molar-refractivity contribution >= 4 is 33.0 Å². The first-order chi connectivity index (χ1) is 8.08.